The van der Waals surface area contributed by atoms with Crippen LogP contribution in [0.3, 0.4) is 0 Å². The molecule has 0 aromatic rings. The monoisotopic (exact) mass is 904 g/mol. The fourth-order valence-electron chi connectivity index (χ4n) is 9.50. The first-order valence-electron chi connectivity index (χ1n) is 21.4. The van der Waals surface area contributed by atoms with E-state index in [2.05, 4.69) is 93.4 Å². The van der Waals surface area contributed by atoms with Gasteiger partial charge < -0.3 is 19.1 Å². The van der Waals surface area contributed by atoms with Crippen molar-refractivity contribution < 1.29 is 63.4 Å². The topological polar surface area (TPSA) is 76.0 Å². The van der Waals surface area contributed by atoms with E-state index in [9.17, 15) is 54.5 Å². The number of carbonyl (C=O) groups excluding carboxylic acids is 1. The molecule has 4 fully saturated rings. The van der Waals surface area contributed by atoms with Crippen LogP contribution in [0.25, 0.3) is 0 Å². The maximum Gasteiger partial charge on any atom is 0.460 e. The number of halogens is 9. The molecule has 0 radical (unpaired) electrons. The number of aliphatic hydroxyl groups excluding tert-OH is 2. The van der Waals surface area contributed by atoms with Crippen LogP contribution in [0.1, 0.15) is 120 Å². The summed E-state index contributed by atoms with van der Waals surface area (Å²) >= 11 is 0. The maximum absolute atomic E-state index is 14.8. The van der Waals surface area contributed by atoms with Gasteiger partial charge >= 0.3 is 23.9 Å². The predicted octanol–water partition coefficient (Wildman–Crippen LogP) is 12.8. The number of fused-ring (bicyclic) bond motifs is 1. The van der Waals surface area contributed by atoms with E-state index < -0.39 is 89.2 Å². The van der Waals surface area contributed by atoms with Crippen LogP contribution in [0, 0.1) is 28.6 Å². The Hall–Kier alpha value is -1.47. The Kier molecular flexibility index (Phi) is 14.1. The number of rotatable bonds is 14. The number of alkyl halides is 9. The van der Waals surface area contributed by atoms with Crippen molar-refractivity contribution in [3.05, 3.63) is 35.5 Å². The SMILES string of the molecule is C=C1/C(=C\C=C2/CCC[C@]3(C)[C@@H]([C@H](C)C(O)CC(=O)C4(C(O)C(F)(F)C(F)(F)C(F)(F)C(F)(F)F)CC4)CC[C@@H]23)CC(O[Si](C)(C)C(C)(C)C)CC1O[Si](C)(C)C(C)(C)C. The van der Waals surface area contributed by atoms with Gasteiger partial charge in [0.25, 0.3) is 0 Å². The van der Waals surface area contributed by atoms with Gasteiger partial charge in [-0.15, -0.1) is 0 Å². The summed E-state index contributed by atoms with van der Waals surface area (Å²) in [5.41, 5.74) is 0.222. The smallest absolute Gasteiger partial charge is 0.413 e. The van der Waals surface area contributed by atoms with Crippen LogP contribution in [0.4, 0.5) is 39.5 Å². The highest BCUT2D eigenvalue weighted by Gasteiger charge is 2.85. The fourth-order valence-corrected chi connectivity index (χ4v) is 12.2. The second-order valence-electron chi connectivity index (χ2n) is 21.7. The largest absolute Gasteiger partial charge is 0.460 e. The Balaban J connectivity index is 1.54. The minimum absolute atomic E-state index is 0.0109. The molecule has 4 saturated carbocycles. The van der Waals surface area contributed by atoms with Crippen molar-refractivity contribution in [3.8, 4) is 0 Å². The third kappa shape index (κ3) is 9.22. The van der Waals surface area contributed by atoms with Gasteiger partial charge in [-0.1, -0.05) is 79.7 Å². The zero-order valence-electron chi connectivity index (χ0n) is 37.5. The molecule has 0 heterocycles. The minimum Gasteiger partial charge on any atom is -0.413 e. The van der Waals surface area contributed by atoms with Crippen LogP contribution in [-0.4, -0.2) is 81.0 Å². The standard InChI is InChI=1S/C44H69F9O5Si2/c1-26-29(23-30(57-59(10,11)37(3,4)5)24-34(26)58-60(12,13)38(6,7)8)17-16-28-15-14-20-39(9)31(18-19-32(28)39)27(2)33(54)25-35(55)40(21-22-40)36(56)41(45,46)42(47,48)43(49,50)44(51,52)53/h16-17,27,30-34,36,54,56H,1,14-15,18-25H2,2-13H3/b28-16+,29-17-/t27-,30?,31+,32-,33?,34?,36?,39+/m0/s1. The summed E-state index contributed by atoms with van der Waals surface area (Å²) in [4.78, 5) is 13.3. The van der Waals surface area contributed by atoms with Crippen molar-refractivity contribution in [2.24, 2.45) is 28.6 Å². The number of aliphatic hydroxyl groups is 2. The van der Waals surface area contributed by atoms with E-state index in [-0.39, 0.29) is 39.5 Å². The van der Waals surface area contributed by atoms with Gasteiger partial charge in [-0.2, -0.15) is 39.5 Å². The van der Waals surface area contributed by atoms with E-state index in [1.54, 1.807) is 6.92 Å². The van der Waals surface area contributed by atoms with Crippen LogP contribution < -0.4 is 0 Å². The summed E-state index contributed by atoms with van der Waals surface area (Å²) in [7, 11) is -4.31. The molecule has 0 saturated heterocycles. The van der Waals surface area contributed by atoms with Crippen molar-refractivity contribution in [2.45, 2.75) is 204 Å². The number of ketones is 1. The Bertz CT molecular complexity index is 1670. The molecule has 0 aromatic carbocycles. The van der Waals surface area contributed by atoms with Gasteiger partial charge in [-0.3, -0.25) is 4.79 Å². The van der Waals surface area contributed by atoms with Gasteiger partial charge in [-0.25, -0.2) is 0 Å². The van der Waals surface area contributed by atoms with Crippen LogP contribution >= 0.6 is 0 Å². The van der Waals surface area contributed by atoms with Gasteiger partial charge in [0.1, 0.15) is 11.9 Å². The van der Waals surface area contributed by atoms with Crippen molar-refractivity contribution in [2.75, 3.05) is 0 Å². The third-order valence-corrected chi connectivity index (χ3v) is 24.8. The second-order valence-corrected chi connectivity index (χ2v) is 31.3. The molecule has 4 aliphatic carbocycles. The molecule has 0 spiro atoms. The minimum atomic E-state index is -7.19. The highest BCUT2D eigenvalue weighted by Crippen LogP contribution is 2.63. The van der Waals surface area contributed by atoms with Crippen LogP contribution in [0.5, 0.6) is 0 Å². The lowest BCUT2D eigenvalue weighted by atomic mass is 9.60. The van der Waals surface area contributed by atoms with E-state index in [1.165, 1.54) is 5.57 Å². The average Bonchev–Trinajstić information content (AvgIpc) is 3.82. The summed E-state index contributed by atoms with van der Waals surface area (Å²) in [6, 6.07) is 0. The molecule has 4 rings (SSSR count). The number of hydrogen-bond donors (Lipinski definition) is 2. The number of allylic oxidation sites excluding steroid dienone is 3. The lowest BCUT2D eigenvalue weighted by Gasteiger charge is -2.46. The molecule has 346 valence electrons. The van der Waals surface area contributed by atoms with Crippen molar-refractivity contribution in [1.29, 1.82) is 0 Å². The Morgan fingerprint density at radius 1 is 0.850 bits per heavy atom. The Labute approximate surface area is 353 Å². The van der Waals surface area contributed by atoms with Crippen molar-refractivity contribution in [1.82, 2.24) is 0 Å². The molecule has 0 amide bonds. The normalized spacial score (nSPS) is 30.4. The zero-order valence-corrected chi connectivity index (χ0v) is 39.5. The first kappa shape index (κ1) is 51.2. The molecule has 60 heavy (non-hydrogen) atoms. The van der Waals surface area contributed by atoms with Gasteiger partial charge in [0, 0.05) is 12.8 Å². The van der Waals surface area contributed by atoms with Crippen molar-refractivity contribution >= 4 is 22.4 Å². The van der Waals surface area contributed by atoms with Gasteiger partial charge in [0.15, 0.2) is 16.6 Å². The van der Waals surface area contributed by atoms with E-state index in [4.69, 9.17) is 8.85 Å². The van der Waals surface area contributed by atoms with E-state index in [0.29, 0.717) is 12.8 Å². The van der Waals surface area contributed by atoms with Gasteiger partial charge in [-0.05, 0) is 122 Å². The van der Waals surface area contributed by atoms with Gasteiger partial charge in [0.2, 0.25) is 0 Å². The molecular weight excluding hydrogens is 836 g/mol. The maximum atomic E-state index is 14.8. The highest BCUT2D eigenvalue weighted by molar-refractivity contribution is 6.74. The molecule has 16 heteroatoms. The summed E-state index contributed by atoms with van der Waals surface area (Å²) in [6.07, 6.45) is -5.07. The van der Waals surface area contributed by atoms with E-state index >= 15 is 0 Å². The molecule has 0 aliphatic heterocycles. The summed E-state index contributed by atoms with van der Waals surface area (Å²) in [6.45, 7) is 30.6. The molecule has 4 aliphatic rings. The number of carbonyl (C=O) groups is 1. The zero-order chi connectivity index (χ0) is 46.3. The van der Waals surface area contributed by atoms with Crippen LogP contribution in [0.15, 0.2) is 35.5 Å². The third-order valence-electron chi connectivity index (χ3n) is 15.8. The molecule has 8 atom stereocenters. The molecule has 0 aromatic heterocycles. The number of hydrogen-bond acceptors (Lipinski definition) is 5. The fraction of sp³-hybridized carbons (Fsp3) is 0.841. The molecular formula is C44H69F9O5Si2. The van der Waals surface area contributed by atoms with Crippen LogP contribution in [-0.2, 0) is 13.6 Å². The quantitative estimate of drug-likeness (QED) is 0.134. The highest BCUT2D eigenvalue weighted by atomic mass is 28.4. The Morgan fingerprint density at radius 3 is 1.88 bits per heavy atom. The Morgan fingerprint density at radius 2 is 1.38 bits per heavy atom. The first-order chi connectivity index (χ1) is 26.8. The molecule has 0 bridgehead atoms. The first-order valence-corrected chi connectivity index (χ1v) is 27.2. The second kappa shape index (κ2) is 16.5. The lowest BCUT2D eigenvalue weighted by molar-refractivity contribution is -0.408. The predicted molar refractivity (Wildman–Crippen MR) is 220 cm³/mol. The van der Waals surface area contributed by atoms with Gasteiger partial charge in [0.05, 0.1) is 23.7 Å². The molecule has 2 N–H and O–H groups in total. The average molecular weight is 905 g/mol. The van der Waals surface area contributed by atoms with Crippen molar-refractivity contribution in [3.63, 3.8) is 0 Å². The number of Topliss-reactive ketones (excluding diaryl/α,β-unsaturated/α-hetero) is 1. The molecule has 4 unspecified atom stereocenters. The van der Waals surface area contributed by atoms with E-state index in [1.807, 2.05) is 0 Å². The van der Waals surface area contributed by atoms with E-state index in [0.717, 1.165) is 43.3 Å². The van der Waals surface area contributed by atoms with Crippen LogP contribution in [0.2, 0.25) is 36.3 Å². The summed E-state index contributed by atoms with van der Waals surface area (Å²) in [5.74, 6) is -22.5. The summed E-state index contributed by atoms with van der Waals surface area (Å²) < 4.78 is 137. The summed E-state index contributed by atoms with van der Waals surface area (Å²) in [5, 5.41) is 21.6. The lowest BCUT2D eigenvalue weighted by Crippen LogP contribution is -2.66. The molecule has 5 nitrogen and oxygen atoms in total.